The molecule has 11 nitrogen and oxygen atoms in total. The Kier molecular flexibility index (Phi) is 11.3. The standard InChI is InChI=1S/C40H52N4O7/c1-5-20-42(23-22-41-24-26-49-27-25-41)38(48)35-40-19-18-39(7-3,51-40)33(34(40)37(47)44(35)32(28-45)29-12-10-9-11-13-29)36(46)43(21-6-2)30-14-16-31(17-15-30)50-8-4/h5-6,9-17,32-35,45H,1-2,7-8,18-28H2,3-4H3/t32-,33-,34+,35?,39+,40?/m1/s1. The molecule has 3 amide bonds. The van der Waals surface area contributed by atoms with E-state index in [1.807, 2.05) is 68.4 Å². The van der Waals surface area contributed by atoms with E-state index in [1.165, 1.54) is 0 Å². The fourth-order valence-electron chi connectivity index (χ4n) is 8.89. The van der Waals surface area contributed by atoms with Crippen LogP contribution in [0.1, 0.15) is 44.7 Å². The van der Waals surface area contributed by atoms with Crippen molar-refractivity contribution >= 4 is 23.4 Å². The highest BCUT2D eigenvalue weighted by Gasteiger charge is 2.79. The van der Waals surface area contributed by atoms with E-state index in [4.69, 9.17) is 14.2 Å². The van der Waals surface area contributed by atoms with Gasteiger partial charge in [0.15, 0.2) is 0 Å². The zero-order valence-electron chi connectivity index (χ0n) is 30.0. The summed E-state index contributed by atoms with van der Waals surface area (Å²) in [4.78, 5) is 52.5. The number of benzene rings is 2. The number of nitrogens with zero attached hydrogens (tertiary/aromatic N) is 4. The number of hydrogen-bond acceptors (Lipinski definition) is 8. The molecule has 6 atom stereocenters. The predicted molar refractivity (Wildman–Crippen MR) is 194 cm³/mol. The molecule has 1 spiro atoms. The molecule has 51 heavy (non-hydrogen) atoms. The van der Waals surface area contributed by atoms with Crippen molar-refractivity contribution in [2.24, 2.45) is 11.8 Å². The van der Waals surface area contributed by atoms with Crippen molar-refractivity contribution in [3.8, 4) is 5.75 Å². The Morgan fingerprint density at radius 3 is 2.35 bits per heavy atom. The van der Waals surface area contributed by atoms with E-state index in [1.54, 1.807) is 26.9 Å². The Morgan fingerprint density at radius 1 is 1.02 bits per heavy atom. The van der Waals surface area contributed by atoms with E-state index in [0.717, 1.165) is 13.1 Å². The maximum Gasteiger partial charge on any atom is 0.248 e. The topological polar surface area (TPSA) is 112 Å². The van der Waals surface area contributed by atoms with Crippen LogP contribution in [0.2, 0.25) is 0 Å². The van der Waals surface area contributed by atoms with Crippen molar-refractivity contribution < 1.29 is 33.7 Å². The average Bonchev–Trinajstić information content (AvgIpc) is 3.77. The zero-order valence-corrected chi connectivity index (χ0v) is 30.0. The lowest BCUT2D eigenvalue weighted by molar-refractivity contribution is -0.156. The number of fused-ring (bicyclic) bond motifs is 1. The van der Waals surface area contributed by atoms with E-state index in [2.05, 4.69) is 18.1 Å². The number of anilines is 1. The van der Waals surface area contributed by atoms with E-state index >= 15 is 14.4 Å². The average molecular weight is 701 g/mol. The largest absolute Gasteiger partial charge is 0.494 e. The fraction of sp³-hybridized carbons (Fsp3) is 0.525. The molecule has 0 saturated carbocycles. The quantitative estimate of drug-likeness (QED) is 0.263. The van der Waals surface area contributed by atoms with Crippen LogP contribution in [-0.4, -0.2) is 120 Å². The number of aliphatic hydroxyl groups is 1. The maximum atomic E-state index is 15.2. The lowest BCUT2D eigenvalue weighted by Crippen LogP contribution is -2.58. The second-order valence-electron chi connectivity index (χ2n) is 13.9. The van der Waals surface area contributed by atoms with Crippen LogP contribution in [0.15, 0.2) is 79.9 Å². The van der Waals surface area contributed by atoms with Crippen molar-refractivity contribution in [3.63, 3.8) is 0 Å². The summed E-state index contributed by atoms with van der Waals surface area (Å²) in [6.07, 6.45) is 4.83. The van der Waals surface area contributed by atoms with Gasteiger partial charge in [-0.1, -0.05) is 49.4 Å². The summed E-state index contributed by atoms with van der Waals surface area (Å²) in [6, 6.07) is 14.7. The smallest absolute Gasteiger partial charge is 0.248 e. The Hall–Kier alpha value is -4.03. The van der Waals surface area contributed by atoms with Crippen LogP contribution >= 0.6 is 0 Å². The van der Waals surface area contributed by atoms with Gasteiger partial charge in [-0.2, -0.15) is 0 Å². The number of aliphatic hydroxyl groups excluding tert-OH is 1. The molecule has 4 fully saturated rings. The molecule has 2 aromatic rings. The molecule has 0 radical (unpaired) electrons. The van der Waals surface area contributed by atoms with Crippen molar-refractivity contribution in [3.05, 3.63) is 85.5 Å². The Morgan fingerprint density at radius 2 is 1.73 bits per heavy atom. The molecule has 6 rings (SSSR count). The number of ether oxygens (including phenoxy) is 3. The molecule has 4 saturated heterocycles. The molecule has 11 heteroatoms. The Bertz CT molecular complexity index is 1560. The summed E-state index contributed by atoms with van der Waals surface area (Å²) in [7, 11) is 0. The lowest BCUT2D eigenvalue weighted by Gasteiger charge is -2.40. The van der Waals surface area contributed by atoms with Crippen molar-refractivity contribution in [1.82, 2.24) is 14.7 Å². The van der Waals surface area contributed by atoms with Crippen LogP contribution in [0.5, 0.6) is 5.75 Å². The molecule has 4 aliphatic rings. The van der Waals surface area contributed by atoms with Gasteiger partial charge >= 0.3 is 0 Å². The number of carbonyl (C=O) groups is 3. The first-order chi connectivity index (χ1) is 24.8. The summed E-state index contributed by atoms with van der Waals surface area (Å²) in [5.41, 5.74) is -0.842. The van der Waals surface area contributed by atoms with Crippen LogP contribution in [0.4, 0.5) is 5.69 Å². The molecule has 0 aromatic heterocycles. The van der Waals surface area contributed by atoms with Crippen molar-refractivity contribution in [2.75, 3.05) is 70.6 Å². The number of hydrogen-bond donors (Lipinski definition) is 1. The predicted octanol–water partition coefficient (Wildman–Crippen LogP) is 3.84. The lowest BCUT2D eigenvalue weighted by atomic mass is 9.64. The minimum absolute atomic E-state index is 0.223. The molecular weight excluding hydrogens is 648 g/mol. The molecule has 4 aliphatic heterocycles. The highest BCUT2D eigenvalue weighted by molar-refractivity contribution is 6.03. The number of rotatable bonds is 16. The third kappa shape index (κ3) is 6.61. The third-order valence-electron chi connectivity index (χ3n) is 11.3. The molecule has 274 valence electrons. The van der Waals surface area contributed by atoms with Crippen molar-refractivity contribution in [2.45, 2.75) is 56.4 Å². The number of morpholine rings is 1. The number of carbonyl (C=O) groups excluding carboxylic acids is 3. The number of amides is 3. The Balaban J connectivity index is 1.42. The fourth-order valence-corrected chi connectivity index (χ4v) is 8.89. The van der Waals surface area contributed by atoms with Gasteiger partial charge in [0.25, 0.3) is 0 Å². The minimum atomic E-state index is -1.26. The molecular formula is C40H52N4O7. The molecule has 2 bridgehead atoms. The van der Waals surface area contributed by atoms with Gasteiger partial charge < -0.3 is 34.0 Å². The zero-order chi connectivity index (χ0) is 36.2. The summed E-state index contributed by atoms with van der Waals surface area (Å²) in [6.45, 7) is 16.3. The van der Waals surface area contributed by atoms with Crippen LogP contribution in [0, 0.1) is 11.8 Å². The highest BCUT2D eigenvalue weighted by atomic mass is 16.5. The summed E-state index contributed by atoms with van der Waals surface area (Å²) >= 11 is 0. The van der Waals surface area contributed by atoms with Crippen LogP contribution in [0.25, 0.3) is 0 Å². The molecule has 4 heterocycles. The molecule has 2 unspecified atom stereocenters. The van der Waals surface area contributed by atoms with Gasteiger partial charge in [-0.3, -0.25) is 19.3 Å². The first kappa shape index (κ1) is 36.8. The SMILES string of the molecule is C=CCN(CCN1CCOCC1)C(=O)C1N([C@H](CO)c2ccccc2)C(=O)[C@@H]2[C@H](C(=O)N(CC=C)c3ccc(OCC)cc3)[C@]3(CC)CCC12O3. The molecule has 2 aromatic carbocycles. The number of likely N-dealkylation sites (tertiary alicyclic amines) is 1. The van der Waals surface area contributed by atoms with Crippen molar-refractivity contribution in [1.29, 1.82) is 0 Å². The maximum absolute atomic E-state index is 15.2. The second kappa shape index (κ2) is 15.7. The van der Waals surface area contributed by atoms with Crippen LogP contribution in [0.3, 0.4) is 0 Å². The molecule has 0 aliphatic carbocycles. The second-order valence-corrected chi connectivity index (χ2v) is 13.9. The summed E-state index contributed by atoms with van der Waals surface area (Å²) in [5.74, 6) is -1.94. The first-order valence-corrected chi connectivity index (χ1v) is 18.3. The van der Waals surface area contributed by atoms with Crippen LogP contribution < -0.4 is 9.64 Å². The minimum Gasteiger partial charge on any atom is -0.494 e. The van der Waals surface area contributed by atoms with Gasteiger partial charge in [0.2, 0.25) is 17.7 Å². The van der Waals surface area contributed by atoms with Crippen LogP contribution in [-0.2, 0) is 23.9 Å². The summed E-state index contributed by atoms with van der Waals surface area (Å²) < 4.78 is 18.3. The normalized spacial score (nSPS) is 27.5. The monoisotopic (exact) mass is 700 g/mol. The first-order valence-electron chi connectivity index (χ1n) is 18.3. The Labute approximate surface area is 301 Å². The highest BCUT2D eigenvalue weighted by Crippen LogP contribution is 2.65. The van der Waals surface area contributed by atoms with E-state index in [9.17, 15) is 5.11 Å². The van der Waals surface area contributed by atoms with Gasteiger partial charge in [0.1, 0.15) is 17.4 Å². The van der Waals surface area contributed by atoms with Gasteiger partial charge in [0, 0.05) is 45.0 Å². The van der Waals surface area contributed by atoms with Gasteiger partial charge in [-0.25, -0.2) is 0 Å². The summed E-state index contributed by atoms with van der Waals surface area (Å²) in [5, 5.41) is 11.0. The van der Waals surface area contributed by atoms with E-state index in [0.29, 0.717) is 69.2 Å². The third-order valence-corrected chi connectivity index (χ3v) is 11.3. The van der Waals surface area contributed by atoms with Gasteiger partial charge in [-0.05, 0) is 56.0 Å². The van der Waals surface area contributed by atoms with Gasteiger partial charge in [0.05, 0.1) is 49.9 Å². The van der Waals surface area contributed by atoms with E-state index in [-0.39, 0.29) is 30.8 Å². The van der Waals surface area contributed by atoms with Gasteiger partial charge in [-0.15, -0.1) is 13.2 Å². The van der Waals surface area contributed by atoms with E-state index < -0.39 is 41.7 Å². The molecule has 1 N–H and O–H groups in total.